The van der Waals surface area contributed by atoms with Crippen molar-refractivity contribution in [2.45, 2.75) is 20.4 Å². The van der Waals surface area contributed by atoms with Crippen molar-refractivity contribution in [1.82, 2.24) is 19.5 Å². The molecule has 0 spiro atoms. The number of benzene rings is 2. The summed E-state index contributed by atoms with van der Waals surface area (Å²) in [6, 6.07) is 15.1. The Hall–Kier alpha value is -4.18. The molecule has 2 N–H and O–H groups in total. The number of nitrogens with zero attached hydrogens (tertiary/aromatic N) is 4. The zero-order chi connectivity index (χ0) is 20.9. The maximum absolute atomic E-state index is 12.2. The molecule has 0 radical (unpaired) electrons. The van der Waals surface area contributed by atoms with Crippen molar-refractivity contribution in [3.05, 3.63) is 72.3 Å². The van der Waals surface area contributed by atoms with E-state index < -0.39 is 0 Å². The van der Waals surface area contributed by atoms with Crippen LogP contribution in [0.15, 0.2) is 61.2 Å². The largest absolute Gasteiger partial charge is 0.338 e. The fourth-order valence-electron chi connectivity index (χ4n) is 2.94. The van der Waals surface area contributed by atoms with Gasteiger partial charge in [-0.25, -0.2) is 15.0 Å². The van der Waals surface area contributed by atoms with E-state index in [2.05, 4.69) is 37.4 Å². The van der Waals surface area contributed by atoms with E-state index in [1.165, 1.54) is 6.33 Å². The zero-order valence-electron chi connectivity index (χ0n) is 16.7. The standard InChI is InChI=1S/C23H20N6O/c1-3-29-15-26-21-22(24-14-25-23(21)29)28-19-6-4-5-18(13-19)27-20(30)12-11-17-9-7-16(2)8-10-17/h4-10,13-15H,3H2,1-2H3,(H,27,30)(H,24,25,28). The highest BCUT2D eigenvalue weighted by atomic mass is 16.1. The maximum atomic E-state index is 12.2. The molecule has 1 amide bonds. The van der Waals surface area contributed by atoms with E-state index in [1.807, 2.05) is 60.9 Å². The summed E-state index contributed by atoms with van der Waals surface area (Å²) in [5, 5.41) is 6.04. The molecule has 0 saturated heterocycles. The van der Waals surface area contributed by atoms with E-state index in [1.54, 1.807) is 12.4 Å². The van der Waals surface area contributed by atoms with Gasteiger partial charge in [-0.2, -0.15) is 0 Å². The molecule has 2 heterocycles. The quantitative estimate of drug-likeness (QED) is 0.511. The van der Waals surface area contributed by atoms with Crippen LogP contribution < -0.4 is 10.6 Å². The lowest BCUT2D eigenvalue weighted by molar-refractivity contribution is -0.111. The van der Waals surface area contributed by atoms with Gasteiger partial charge in [-0.1, -0.05) is 29.7 Å². The zero-order valence-corrected chi connectivity index (χ0v) is 16.7. The lowest BCUT2D eigenvalue weighted by atomic mass is 10.1. The van der Waals surface area contributed by atoms with E-state index >= 15 is 0 Å². The fraction of sp³-hybridized carbons (Fsp3) is 0.130. The molecule has 148 valence electrons. The third-order valence-electron chi connectivity index (χ3n) is 4.50. The Morgan fingerprint density at radius 3 is 2.67 bits per heavy atom. The summed E-state index contributed by atoms with van der Waals surface area (Å²) in [4.78, 5) is 25.2. The fourth-order valence-corrected chi connectivity index (χ4v) is 2.94. The molecule has 7 nitrogen and oxygen atoms in total. The summed E-state index contributed by atoms with van der Waals surface area (Å²) < 4.78 is 1.95. The van der Waals surface area contributed by atoms with Crippen molar-refractivity contribution >= 4 is 34.3 Å². The minimum Gasteiger partial charge on any atom is -0.338 e. The Labute approximate surface area is 174 Å². The Morgan fingerprint density at radius 2 is 1.87 bits per heavy atom. The second-order valence-corrected chi connectivity index (χ2v) is 6.70. The van der Waals surface area contributed by atoms with Crippen molar-refractivity contribution in [3.8, 4) is 11.8 Å². The average Bonchev–Trinajstić information content (AvgIpc) is 3.18. The number of aryl methyl sites for hydroxylation is 2. The Kier molecular flexibility index (Phi) is 5.39. The first-order valence-corrected chi connectivity index (χ1v) is 9.55. The number of anilines is 3. The van der Waals surface area contributed by atoms with Gasteiger partial charge in [0.2, 0.25) is 0 Å². The van der Waals surface area contributed by atoms with Gasteiger partial charge < -0.3 is 15.2 Å². The van der Waals surface area contributed by atoms with Crippen molar-refractivity contribution in [3.63, 3.8) is 0 Å². The lowest BCUT2D eigenvalue weighted by Crippen LogP contribution is -2.08. The van der Waals surface area contributed by atoms with Gasteiger partial charge in [-0.05, 0) is 44.2 Å². The summed E-state index contributed by atoms with van der Waals surface area (Å²) in [6.45, 7) is 4.81. The van der Waals surface area contributed by atoms with Gasteiger partial charge >= 0.3 is 5.91 Å². The Bertz CT molecular complexity index is 1260. The van der Waals surface area contributed by atoms with Gasteiger partial charge in [0.15, 0.2) is 17.0 Å². The van der Waals surface area contributed by atoms with Crippen LogP contribution in [-0.2, 0) is 11.3 Å². The molecule has 30 heavy (non-hydrogen) atoms. The highest BCUT2D eigenvalue weighted by Gasteiger charge is 2.10. The SMILES string of the molecule is CCn1cnc2c(Nc3cccc(NC(=O)C#Cc4ccc(C)cc4)c3)ncnc21. The van der Waals surface area contributed by atoms with Crippen LogP contribution in [0.3, 0.4) is 0 Å². The number of amides is 1. The second-order valence-electron chi connectivity index (χ2n) is 6.70. The highest BCUT2D eigenvalue weighted by Crippen LogP contribution is 2.23. The maximum Gasteiger partial charge on any atom is 0.300 e. The second kappa shape index (κ2) is 8.45. The molecule has 4 aromatic rings. The normalized spacial score (nSPS) is 10.3. The van der Waals surface area contributed by atoms with E-state index in [9.17, 15) is 4.79 Å². The average molecular weight is 396 g/mol. The molecule has 0 bridgehead atoms. The van der Waals surface area contributed by atoms with E-state index in [0.717, 1.165) is 29.0 Å². The summed E-state index contributed by atoms with van der Waals surface area (Å²) >= 11 is 0. The number of hydrogen-bond acceptors (Lipinski definition) is 5. The third kappa shape index (κ3) is 4.28. The summed E-state index contributed by atoms with van der Waals surface area (Å²) in [6.07, 6.45) is 3.25. The summed E-state index contributed by atoms with van der Waals surface area (Å²) in [7, 11) is 0. The molecule has 0 aliphatic rings. The number of rotatable bonds is 4. The molecule has 4 rings (SSSR count). The van der Waals surface area contributed by atoms with Crippen LogP contribution >= 0.6 is 0 Å². The lowest BCUT2D eigenvalue weighted by Gasteiger charge is -2.08. The number of fused-ring (bicyclic) bond motifs is 1. The molecule has 2 aromatic carbocycles. The number of hydrogen-bond donors (Lipinski definition) is 2. The number of aromatic nitrogens is 4. The molecule has 0 aliphatic heterocycles. The van der Waals surface area contributed by atoms with Gasteiger partial charge in [0.1, 0.15) is 6.33 Å². The van der Waals surface area contributed by atoms with E-state index in [4.69, 9.17) is 0 Å². The number of carbonyl (C=O) groups excluding carboxylic acids is 1. The van der Waals surface area contributed by atoms with Crippen LogP contribution in [-0.4, -0.2) is 25.4 Å². The number of nitrogens with one attached hydrogen (secondary N) is 2. The van der Waals surface area contributed by atoms with Gasteiger partial charge in [0.05, 0.1) is 6.33 Å². The van der Waals surface area contributed by atoms with Gasteiger partial charge in [-0.15, -0.1) is 0 Å². The van der Waals surface area contributed by atoms with Gasteiger partial charge in [0, 0.05) is 29.4 Å². The molecular formula is C23H20N6O. The monoisotopic (exact) mass is 396 g/mol. The van der Waals surface area contributed by atoms with E-state index in [-0.39, 0.29) is 5.91 Å². The van der Waals surface area contributed by atoms with Crippen LogP contribution in [0.5, 0.6) is 0 Å². The van der Waals surface area contributed by atoms with Gasteiger partial charge in [-0.3, -0.25) is 4.79 Å². The van der Waals surface area contributed by atoms with Crippen LogP contribution in [0, 0.1) is 18.8 Å². The van der Waals surface area contributed by atoms with Crippen LogP contribution in [0.25, 0.3) is 11.2 Å². The Morgan fingerprint density at radius 1 is 1.07 bits per heavy atom. The number of imidazole rings is 1. The predicted octanol–water partition coefficient (Wildman–Crippen LogP) is 3.89. The van der Waals surface area contributed by atoms with Crippen LogP contribution in [0.4, 0.5) is 17.2 Å². The summed E-state index contributed by atoms with van der Waals surface area (Å²) in [5.74, 6) is 5.71. The first-order valence-electron chi connectivity index (χ1n) is 9.55. The van der Waals surface area contributed by atoms with E-state index in [0.29, 0.717) is 17.0 Å². The molecule has 0 saturated carbocycles. The molecule has 2 aromatic heterocycles. The van der Waals surface area contributed by atoms with Crippen LogP contribution in [0.1, 0.15) is 18.1 Å². The van der Waals surface area contributed by atoms with Crippen molar-refractivity contribution < 1.29 is 4.79 Å². The smallest absolute Gasteiger partial charge is 0.300 e. The predicted molar refractivity (Wildman–Crippen MR) is 117 cm³/mol. The molecular weight excluding hydrogens is 376 g/mol. The summed E-state index contributed by atoms with van der Waals surface area (Å²) in [5.41, 5.74) is 4.81. The highest BCUT2D eigenvalue weighted by molar-refractivity contribution is 6.04. The molecule has 0 atom stereocenters. The minimum atomic E-state index is -0.376. The molecule has 7 heteroatoms. The first-order chi connectivity index (χ1) is 14.6. The minimum absolute atomic E-state index is 0.376. The van der Waals surface area contributed by atoms with Crippen molar-refractivity contribution in [2.75, 3.05) is 10.6 Å². The molecule has 0 unspecified atom stereocenters. The molecule has 0 fully saturated rings. The number of carbonyl (C=O) groups is 1. The molecule has 0 aliphatic carbocycles. The van der Waals surface area contributed by atoms with Crippen LogP contribution in [0.2, 0.25) is 0 Å². The van der Waals surface area contributed by atoms with Crippen molar-refractivity contribution in [2.24, 2.45) is 0 Å². The topological polar surface area (TPSA) is 84.7 Å². The third-order valence-corrected chi connectivity index (χ3v) is 4.50. The van der Waals surface area contributed by atoms with Crippen molar-refractivity contribution in [1.29, 1.82) is 0 Å². The van der Waals surface area contributed by atoms with Gasteiger partial charge in [0.25, 0.3) is 0 Å². The Balaban J connectivity index is 1.49. The first kappa shape index (κ1) is 19.2.